The van der Waals surface area contributed by atoms with Gasteiger partial charge in [0.2, 0.25) is 5.13 Å². The number of thioether (sulfide) groups is 1. The maximum absolute atomic E-state index is 8.74. The molecule has 92 valence electrons. The molecule has 0 aliphatic carbocycles. The van der Waals surface area contributed by atoms with Gasteiger partial charge in [-0.3, -0.25) is 0 Å². The minimum atomic E-state index is -0.107. The molecule has 1 aromatic heterocycles. The standard InChI is InChI=1S/C12H12N4S2/c1-8-4-3-5-10(6-8)14-11-15-16-12(18-11)17-9(2)7-13/h3-6,9H,1-2H3,(H,14,15). The summed E-state index contributed by atoms with van der Waals surface area (Å²) in [7, 11) is 0. The number of aryl methyl sites for hydroxylation is 1. The lowest BCUT2D eigenvalue weighted by Gasteiger charge is -2.01. The molecule has 0 bridgehead atoms. The van der Waals surface area contributed by atoms with Crippen molar-refractivity contribution in [2.45, 2.75) is 23.4 Å². The summed E-state index contributed by atoms with van der Waals surface area (Å²) in [5.41, 5.74) is 2.19. The summed E-state index contributed by atoms with van der Waals surface area (Å²) in [6.07, 6.45) is 0. The molecule has 0 saturated heterocycles. The van der Waals surface area contributed by atoms with Crippen molar-refractivity contribution >= 4 is 33.9 Å². The first-order chi connectivity index (χ1) is 8.67. The van der Waals surface area contributed by atoms with Gasteiger partial charge in [0.05, 0.1) is 11.3 Å². The summed E-state index contributed by atoms with van der Waals surface area (Å²) in [5, 5.41) is 20.7. The third kappa shape index (κ3) is 3.45. The van der Waals surface area contributed by atoms with Crippen LogP contribution in [0.5, 0.6) is 0 Å². The van der Waals surface area contributed by atoms with Crippen LogP contribution >= 0.6 is 23.1 Å². The monoisotopic (exact) mass is 276 g/mol. The second-order valence-electron chi connectivity index (χ2n) is 3.76. The highest BCUT2D eigenvalue weighted by molar-refractivity contribution is 8.01. The second kappa shape index (κ2) is 5.85. The van der Waals surface area contributed by atoms with Gasteiger partial charge in [0.15, 0.2) is 4.34 Å². The van der Waals surface area contributed by atoms with E-state index in [2.05, 4.69) is 21.6 Å². The molecule has 0 radical (unpaired) electrons. The van der Waals surface area contributed by atoms with Gasteiger partial charge in [-0.1, -0.05) is 35.2 Å². The zero-order valence-corrected chi connectivity index (χ0v) is 11.7. The van der Waals surface area contributed by atoms with E-state index in [1.165, 1.54) is 28.7 Å². The highest BCUT2D eigenvalue weighted by Gasteiger charge is 2.09. The van der Waals surface area contributed by atoms with Gasteiger partial charge in [0, 0.05) is 5.69 Å². The third-order valence-electron chi connectivity index (χ3n) is 2.14. The van der Waals surface area contributed by atoms with E-state index in [1.54, 1.807) is 0 Å². The zero-order chi connectivity index (χ0) is 13.0. The first-order valence-corrected chi connectivity index (χ1v) is 7.10. The lowest BCUT2D eigenvalue weighted by molar-refractivity contribution is 1.01. The molecular formula is C12H12N4S2. The molecular weight excluding hydrogens is 264 g/mol. The normalized spacial score (nSPS) is 11.8. The van der Waals surface area contributed by atoms with Crippen LogP contribution < -0.4 is 5.32 Å². The minimum Gasteiger partial charge on any atom is -0.330 e. The Kier molecular flexibility index (Phi) is 4.18. The van der Waals surface area contributed by atoms with Crippen molar-refractivity contribution in [2.75, 3.05) is 5.32 Å². The van der Waals surface area contributed by atoms with Crippen LogP contribution in [0.15, 0.2) is 28.6 Å². The molecule has 0 aliphatic heterocycles. The van der Waals surface area contributed by atoms with Crippen LogP contribution in [0.4, 0.5) is 10.8 Å². The molecule has 2 rings (SSSR count). The Hall–Kier alpha value is -1.58. The van der Waals surface area contributed by atoms with Crippen LogP contribution in [0.3, 0.4) is 0 Å². The van der Waals surface area contributed by atoms with Gasteiger partial charge in [0.25, 0.3) is 0 Å². The predicted molar refractivity (Wildman–Crippen MR) is 75.3 cm³/mol. The van der Waals surface area contributed by atoms with E-state index >= 15 is 0 Å². The predicted octanol–water partition coefficient (Wildman–Crippen LogP) is 3.59. The van der Waals surface area contributed by atoms with Crippen molar-refractivity contribution < 1.29 is 0 Å². The van der Waals surface area contributed by atoms with E-state index in [0.29, 0.717) is 0 Å². The summed E-state index contributed by atoms with van der Waals surface area (Å²) in [4.78, 5) is 0. The Morgan fingerprint density at radius 1 is 1.44 bits per heavy atom. The van der Waals surface area contributed by atoms with Crippen LogP contribution in [0, 0.1) is 18.3 Å². The van der Waals surface area contributed by atoms with Crippen LogP contribution in [0.2, 0.25) is 0 Å². The molecule has 6 heteroatoms. The van der Waals surface area contributed by atoms with Crippen molar-refractivity contribution in [2.24, 2.45) is 0 Å². The quantitative estimate of drug-likeness (QED) is 0.865. The fourth-order valence-corrected chi connectivity index (χ4v) is 3.13. The van der Waals surface area contributed by atoms with Gasteiger partial charge in [0.1, 0.15) is 0 Å². The second-order valence-corrected chi connectivity index (χ2v) is 6.32. The van der Waals surface area contributed by atoms with E-state index < -0.39 is 0 Å². The molecule has 1 heterocycles. The van der Waals surface area contributed by atoms with E-state index in [0.717, 1.165) is 15.2 Å². The molecule has 0 aliphatic rings. The zero-order valence-electron chi connectivity index (χ0n) is 10.0. The molecule has 18 heavy (non-hydrogen) atoms. The minimum absolute atomic E-state index is 0.107. The fraction of sp³-hybridized carbons (Fsp3) is 0.250. The van der Waals surface area contributed by atoms with Gasteiger partial charge in [-0.05, 0) is 31.5 Å². The molecule has 2 aromatic rings. The molecule has 0 amide bonds. The molecule has 0 saturated carbocycles. The van der Waals surface area contributed by atoms with E-state index in [1.807, 2.05) is 38.1 Å². The molecule has 1 atom stereocenters. The van der Waals surface area contributed by atoms with Crippen molar-refractivity contribution in [1.29, 1.82) is 5.26 Å². The fourth-order valence-electron chi connectivity index (χ4n) is 1.33. The molecule has 1 N–H and O–H groups in total. The van der Waals surface area contributed by atoms with Gasteiger partial charge in [-0.25, -0.2) is 0 Å². The third-order valence-corrected chi connectivity index (χ3v) is 4.05. The number of hydrogen-bond donors (Lipinski definition) is 1. The number of benzene rings is 1. The lowest BCUT2D eigenvalue weighted by Crippen LogP contribution is -1.89. The Morgan fingerprint density at radius 2 is 2.28 bits per heavy atom. The van der Waals surface area contributed by atoms with Crippen molar-refractivity contribution in [3.63, 3.8) is 0 Å². The van der Waals surface area contributed by atoms with Crippen LogP contribution in [-0.4, -0.2) is 15.4 Å². The Morgan fingerprint density at radius 3 is 3.00 bits per heavy atom. The largest absolute Gasteiger partial charge is 0.330 e. The molecule has 1 unspecified atom stereocenters. The first kappa shape index (κ1) is 12.9. The SMILES string of the molecule is Cc1cccc(Nc2nnc(SC(C)C#N)s2)c1. The Labute approximate surface area is 114 Å². The summed E-state index contributed by atoms with van der Waals surface area (Å²) in [6, 6.07) is 10.2. The summed E-state index contributed by atoms with van der Waals surface area (Å²) in [5.74, 6) is 0. The van der Waals surface area contributed by atoms with Gasteiger partial charge in [-0.15, -0.1) is 10.2 Å². The molecule has 0 spiro atoms. The average molecular weight is 276 g/mol. The molecule has 4 nitrogen and oxygen atoms in total. The Bertz CT molecular complexity index is 573. The lowest BCUT2D eigenvalue weighted by atomic mass is 10.2. The van der Waals surface area contributed by atoms with Crippen LogP contribution in [0.25, 0.3) is 0 Å². The van der Waals surface area contributed by atoms with Crippen molar-refractivity contribution in [3.05, 3.63) is 29.8 Å². The number of anilines is 2. The number of nitrogens with zero attached hydrogens (tertiary/aromatic N) is 3. The van der Waals surface area contributed by atoms with Crippen LogP contribution in [0.1, 0.15) is 12.5 Å². The number of rotatable bonds is 4. The smallest absolute Gasteiger partial charge is 0.210 e. The number of hydrogen-bond acceptors (Lipinski definition) is 6. The first-order valence-electron chi connectivity index (χ1n) is 5.41. The summed E-state index contributed by atoms with van der Waals surface area (Å²) in [6.45, 7) is 3.89. The molecule has 1 aromatic carbocycles. The van der Waals surface area contributed by atoms with Crippen LogP contribution in [-0.2, 0) is 0 Å². The number of aromatic nitrogens is 2. The highest BCUT2D eigenvalue weighted by atomic mass is 32.2. The average Bonchev–Trinajstić information content (AvgIpc) is 2.76. The van der Waals surface area contributed by atoms with Crippen molar-refractivity contribution in [1.82, 2.24) is 10.2 Å². The van der Waals surface area contributed by atoms with E-state index in [-0.39, 0.29) is 5.25 Å². The van der Waals surface area contributed by atoms with Gasteiger partial charge >= 0.3 is 0 Å². The van der Waals surface area contributed by atoms with Gasteiger partial charge < -0.3 is 5.32 Å². The summed E-state index contributed by atoms with van der Waals surface area (Å²) >= 11 is 2.88. The van der Waals surface area contributed by atoms with E-state index in [9.17, 15) is 0 Å². The van der Waals surface area contributed by atoms with Crippen molar-refractivity contribution in [3.8, 4) is 6.07 Å². The topological polar surface area (TPSA) is 61.6 Å². The maximum atomic E-state index is 8.74. The summed E-state index contributed by atoms with van der Waals surface area (Å²) < 4.78 is 0.805. The Balaban J connectivity index is 2.05. The number of nitrogens with one attached hydrogen (secondary N) is 1. The number of nitriles is 1. The van der Waals surface area contributed by atoms with Gasteiger partial charge in [-0.2, -0.15) is 5.26 Å². The highest BCUT2D eigenvalue weighted by Crippen LogP contribution is 2.30. The van der Waals surface area contributed by atoms with E-state index in [4.69, 9.17) is 5.26 Å². The molecule has 0 fully saturated rings. The maximum Gasteiger partial charge on any atom is 0.210 e.